The van der Waals surface area contributed by atoms with Gasteiger partial charge in [0, 0.05) is 13.7 Å². The molecule has 0 aromatic rings. The highest BCUT2D eigenvalue weighted by Gasteiger charge is 2.16. The van der Waals surface area contributed by atoms with E-state index in [0.717, 1.165) is 19.6 Å². The van der Waals surface area contributed by atoms with E-state index in [0.29, 0.717) is 0 Å². The lowest BCUT2D eigenvalue weighted by Crippen LogP contribution is -2.17. The topological polar surface area (TPSA) is 21.6 Å². The van der Waals surface area contributed by atoms with Crippen LogP contribution < -0.4 is 0 Å². The Labute approximate surface area is 73.7 Å². The predicted octanol–water partition coefficient (Wildman–Crippen LogP) is 2.15. The first kappa shape index (κ1) is 10.8. The molecule has 0 fully saturated rings. The van der Waals surface area contributed by atoms with Crippen LogP contribution in [0.4, 0.5) is 0 Å². The van der Waals surface area contributed by atoms with Crippen LogP contribution in [0.15, 0.2) is 4.99 Å². The summed E-state index contributed by atoms with van der Waals surface area (Å²) >= 11 is 4.48. The summed E-state index contributed by atoms with van der Waals surface area (Å²) in [5, 5.41) is 2.37. The van der Waals surface area contributed by atoms with Crippen molar-refractivity contribution >= 4 is 17.4 Å². The molecule has 0 heterocycles. The molecule has 3 heteroatoms. The molecule has 2 nitrogen and oxygen atoms in total. The number of hydrogen-bond acceptors (Lipinski definition) is 3. The molecule has 0 aliphatic carbocycles. The number of ether oxygens (including phenoxy) is 1. The Hall–Kier alpha value is -0.240. The van der Waals surface area contributed by atoms with Crippen LogP contribution in [-0.2, 0) is 4.74 Å². The first-order chi connectivity index (χ1) is 5.12. The molecule has 0 aromatic heterocycles. The molecule has 11 heavy (non-hydrogen) atoms. The Morgan fingerprint density at radius 3 is 2.64 bits per heavy atom. The van der Waals surface area contributed by atoms with Crippen molar-refractivity contribution in [1.29, 1.82) is 0 Å². The third kappa shape index (κ3) is 6.17. The number of aliphatic imine (C=N–C) groups is 1. The van der Waals surface area contributed by atoms with Crippen LogP contribution >= 0.6 is 12.2 Å². The Balaban J connectivity index is 3.69. The van der Waals surface area contributed by atoms with Crippen molar-refractivity contribution < 1.29 is 4.74 Å². The van der Waals surface area contributed by atoms with Crippen LogP contribution in [0, 0.1) is 5.41 Å². The maximum Gasteiger partial charge on any atom is 0.0585 e. The number of rotatable bonds is 5. The average molecular weight is 173 g/mol. The van der Waals surface area contributed by atoms with Gasteiger partial charge in [0.05, 0.1) is 11.7 Å². The number of nitrogens with zero attached hydrogens (tertiary/aromatic N) is 1. The quantitative estimate of drug-likeness (QED) is 0.469. The van der Waals surface area contributed by atoms with Crippen molar-refractivity contribution in [3.8, 4) is 0 Å². The fourth-order valence-electron chi connectivity index (χ4n) is 0.704. The van der Waals surface area contributed by atoms with Crippen molar-refractivity contribution in [2.24, 2.45) is 10.4 Å². The molecule has 0 amide bonds. The van der Waals surface area contributed by atoms with Crippen LogP contribution in [0.5, 0.6) is 0 Å². The first-order valence-corrected chi connectivity index (χ1v) is 4.06. The fourth-order valence-corrected chi connectivity index (χ4v) is 0.768. The van der Waals surface area contributed by atoms with Crippen LogP contribution in [0.25, 0.3) is 0 Å². The molecule has 0 saturated heterocycles. The van der Waals surface area contributed by atoms with Crippen LogP contribution in [0.3, 0.4) is 0 Å². The van der Waals surface area contributed by atoms with Gasteiger partial charge in [-0.2, -0.15) is 0 Å². The summed E-state index contributed by atoms with van der Waals surface area (Å²) in [6, 6.07) is 0. The smallest absolute Gasteiger partial charge is 0.0585 e. The summed E-state index contributed by atoms with van der Waals surface area (Å²) in [5.74, 6) is 0. The molecular formula is C8H15NOS. The van der Waals surface area contributed by atoms with Gasteiger partial charge < -0.3 is 4.74 Å². The highest BCUT2D eigenvalue weighted by atomic mass is 32.1. The Kier molecular flexibility index (Phi) is 5.30. The van der Waals surface area contributed by atoms with Gasteiger partial charge in [0.25, 0.3) is 0 Å². The highest BCUT2D eigenvalue weighted by Crippen LogP contribution is 2.19. The zero-order valence-corrected chi connectivity index (χ0v) is 8.20. The molecule has 0 rings (SSSR count). The Morgan fingerprint density at radius 2 is 2.18 bits per heavy atom. The van der Waals surface area contributed by atoms with Crippen LogP contribution in [0.1, 0.15) is 20.3 Å². The molecule has 0 aliphatic heterocycles. The lowest BCUT2D eigenvalue weighted by Gasteiger charge is -2.20. The van der Waals surface area contributed by atoms with Crippen molar-refractivity contribution in [2.75, 3.05) is 20.3 Å². The van der Waals surface area contributed by atoms with Crippen molar-refractivity contribution in [2.45, 2.75) is 20.3 Å². The molecule has 0 radical (unpaired) electrons. The molecule has 64 valence electrons. The molecule has 0 aromatic carbocycles. The molecule has 0 saturated carbocycles. The minimum Gasteiger partial charge on any atom is -0.385 e. The van der Waals surface area contributed by atoms with Crippen LogP contribution in [0.2, 0.25) is 0 Å². The van der Waals surface area contributed by atoms with E-state index in [9.17, 15) is 0 Å². The average Bonchev–Trinajstić information content (AvgIpc) is 1.97. The summed E-state index contributed by atoms with van der Waals surface area (Å²) in [6.45, 7) is 5.80. The van der Waals surface area contributed by atoms with Gasteiger partial charge >= 0.3 is 0 Å². The maximum atomic E-state index is 4.97. The SMILES string of the molecule is COCCC(C)(C)CN=C=S. The van der Waals surface area contributed by atoms with Crippen LogP contribution in [-0.4, -0.2) is 25.4 Å². The molecule has 0 N–H and O–H groups in total. The minimum absolute atomic E-state index is 0.182. The van der Waals surface area contributed by atoms with Crippen molar-refractivity contribution in [1.82, 2.24) is 0 Å². The van der Waals surface area contributed by atoms with Gasteiger partial charge in [-0.25, -0.2) is 4.99 Å². The normalized spacial score (nSPS) is 10.8. The molecule has 0 aliphatic rings. The molecule has 0 unspecified atom stereocenters. The first-order valence-electron chi connectivity index (χ1n) is 3.65. The van der Waals surface area contributed by atoms with Gasteiger partial charge in [0.2, 0.25) is 0 Å². The molecule has 0 spiro atoms. The van der Waals surface area contributed by atoms with Gasteiger partial charge in [-0.05, 0) is 24.1 Å². The summed E-state index contributed by atoms with van der Waals surface area (Å²) < 4.78 is 4.97. The second-order valence-corrected chi connectivity index (χ2v) is 3.50. The van der Waals surface area contributed by atoms with E-state index in [1.165, 1.54) is 0 Å². The number of isothiocyanates is 1. The van der Waals surface area contributed by atoms with E-state index in [2.05, 4.69) is 36.2 Å². The van der Waals surface area contributed by atoms with E-state index in [1.54, 1.807) is 7.11 Å². The number of thiocarbonyl (C=S) groups is 1. The standard InChI is InChI=1S/C8H15NOS/c1-8(2,4-5-10-3)6-9-7-11/h4-6H2,1-3H3. The zero-order valence-electron chi connectivity index (χ0n) is 7.39. The summed E-state index contributed by atoms with van der Waals surface area (Å²) in [4.78, 5) is 3.91. The second kappa shape index (κ2) is 5.42. The maximum absolute atomic E-state index is 4.97. The summed E-state index contributed by atoms with van der Waals surface area (Å²) in [5.41, 5.74) is 0.182. The van der Waals surface area contributed by atoms with E-state index < -0.39 is 0 Å². The van der Waals surface area contributed by atoms with E-state index >= 15 is 0 Å². The van der Waals surface area contributed by atoms with E-state index in [-0.39, 0.29) is 5.41 Å². The predicted molar refractivity (Wildman–Crippen MR) is 50.2 cm³/mol. The third-order valence-electron chi connectivity index (χ3n) is 1.55. The van der Waals surface area contributed by atoms with Gasteiger partial charge in [-0.1, -0.05) is 13.8 Å². The lowest BCUT2D eigenvalue weighted by atomic mass is 9.90. The molecular weight excluding hydrogens is 158 g/mol. The largest absolute Gasteiger partial charge is 0.385 e. The van der Waals surface area contributed by atoms with Gasteiger partial charge in [0.15, 0.2) is 0 Å². The van der Waals surface area contributed by atoms with E-state index in [4.69, 9.17) is 4.74 Å². The molecule has 0 bridgehead atoms. The number of methoxy groups -OCH3 is 1. The Morgan fingerprint density at radius 1 is 1.55 bits per heavy atom. The monoisotopic (exact) mass is 173 g/mol. The zero-order chi connectivity index (χ0) is 8.74. The summed E-state index contributed by atoms with van der Waals surface area (Å²) in [6.07, 6.45) is 1.00. The fraction of sp³-hybridized carbons (Fsp3) is 0.875. The highest BCUT2D eigenvalue weighted by molar-refractivity contribution is 7.78. The van der Waals surface area contributed by atoms with Gasteiger partial charge in [-0.15, -0.1) is 0 Å². The van der Waals surface area contributed by atoms with E-state index in [1.807, 2.05) is 0 Å². The number of hydrogen-bond donors (Lipinski definition) is 0. The van der Waals surface area contributed by atoms with Crippen molar-refractivity contribution in [3.05, 3.63) is 0 Å². The van der Waals surface area contributed by atoms with Gasteiger partial charge in [-0.3, -0.25) is 0 Å². The summed E-state index contributed by atoms with van der Waals surface area (Å²) in [7, 11) is 1.71. The third-order valence-corrected chi connectivity index (χ3v) is 1.68. The minimum atomic E-state index is 0.182. The Bertz CT molecular complexity index is 150. The second-order valence-electron chi connectivity index (χ2n) is 3.31. The lowest BCUT2D eigenvalue weighted by molar-refractivity contribution is 0.155. The molecule has 0 atom stereocenters. The van der Waals surface area contributed by atoms with Crippen molar-refractivity contribution in [3.63, 3.8) is 0 Å². The van der Waals surface area contributed by atoms with Gasteiger partial charge in [0.1, 0.15) is 0 Å².